The number of rotatable bonds is 7. The molecule has 2 amide bonds. The number of thiocarbonyl (C=S) groups is 1. The number of nitrogens with zero attached hydrogens (tertiary/aromatic N) is 1. The minimum atomic E-state index is -0.871. The van der Waals surface area contributed by atoms with Crippen LogP contribution in [0.2, 0.25) is 0 Å². The molecular formula is C22H22BrN3O5S. The predicted octanol–water partition coefficient (Wildman–Crippen LogP) is 2.28. The first-order valence-corrected chi connectivity index (χ1v) is 11.1. The Kier molecular flexibility index (Phi) is 8.57. The molecule has 10 heteroatoms. The molecule has 1 unspecified atom stereocenters. The van der Waals surface area contributed by atoms with Gasteiger partial charge in [0.05, 0.1) is 6.42 Å². The molecule has 0 saturated carbocycles. The number of hydrogen-bond acceptors (Lipinski definition) is 6. The molecule has 0 radical (unpaired) electrons. The molecule has 2 aromatic rings. The molecule has 2 aromatic carbocycles. The van der Waals surface area contributed by atoms with E-state index in [0.717, 1.165) is 4.47 Å². The van der Waals surface area contributed by atoms with Gasteiger partial charge < -0.3 is 19.7 Å². The third-order valence-corrected chi connectivity index (χ3v) is 5.50. The second kappa shape index (κ2) is 11.6. The maximum atomic E-state index is 12.5. The standard InChI is InChI=1S/C22H22BrN3O5S/c23-16-8-6-15(7-9-16)20(28)25-22(32)26-11-10-24-21(29)18(26)14-19(27)31-13-12-30-17-4-2-1-3-5-17/h1-9,18H,10-14H2,(H,24,29)(H,25,28,32). The fourth-order valence-electron chi connectivity index (χ4n) is 3.05. The Hall–Kier alpha value is -2.98. The summed E-state index contributed by atoms with van der Waals surface area (Å²) >= 11 is 8.67. The summed E-state index contributed by atoms with van der Waals surface area (Å²) in [5, 5.41) is 5.42. The predicted molar refractivity (Wildman–Crippen MR) is 125 cm³/mol. The van der Waals surface area contributed by atoms with Crippen molar-refractivity contribution < 1.29 is 23.9 Å². The van der Waals surface area contributed by atoms with Crippen LogP contribution in [0.1, 0.15) is 16.8 Å². The normalized spacial score (nSPS) is 15.5. The molecular weight excluding hydrogens is 498 g/mol. The number of halogens is 1. The highest BCUT2D eigenvalue weighted by Gasteiger charge is 2.34. The van der Waals surface area contributed by atoms with E-state index >= 15 is 0 Å². The number of para-hydroxylation sites is 1. The Labute approximate surface area is 199 Å². The number of carbonyl (C=O) groups is 3. The number of benzene rings is 2. The summed E-state index contributed by atoms with van der Waals surface area (Å²) in [5.41, 5.74) is 0.423. The van der Waals surface area contributed by atoms with Gasteiger partial charge in [-0.2, -0.15) is 0 Å². The summed E-state index contributed by atoms with van der Waals surface area (Å²) in [7, 11) is 0. The SMILES string of the molecule is O=C(CC1C(=O)NCCN1C(=S)NC(=O)c1ccc(Br)cc1)OCCOc1ccccc1. The van der Waals surface area contributed by atoms with E-state index in [-0.39, 0.29) is 30.7 Å². The van der Waals surface area contributed by atoms with Crippen molar-refractivity contribution in [1.82, 2.24) is 15.5 Å². The zero-order chi connectivity index (χ0) is 22.9. The van der Waals surface area contributed by atoms with Crippen LogP contribution < -0.4 is 15.4 Å². The summed E-state index contributed by atoms with van der Waals surface area (Å²) < 4.78 is 11.5. The van der Waals surface area contributed by atoms with Crippen molar-refractivity contribution in [1.29, 1.82) is 0 Å². The quantitative estimate of drug-likeness (QED) is 0.329. The first kappa shape index (κ1) is 23.7. The average molecular weight is 520 g/mol. The van der Waals surface area contributed by atoms with Gasteiger partial charge in [0.1, 0.15) is 25.0 Å². The van der Waals surface area contributed by atoms with Gasteiger partial charge in [-0.05, 0) is 48.6 Å². The highest BCUT2D eigenvalue weighted by Crippen LogP contribution is 2.13. The molecule has 1 atom stereocenters. The van der Waals surface area contributed by atoms with E-state index in [0.29, 0.717) is 24.4 Å². The van der Waals surface area contributed by atoms with Crippen LogP contribution in [-0.2, 0) is 14.3 Å². The molecule has 1 heterocycles. The monoisotopic (exact) mass is 519 g/mol. The second-order valence-corrected chi connectivity index (χ2v) is 8.15. The third kappa shape index (κ3) is 6.76. The summed E-state index contributed by atoms with van der Waals surface area (Å²) in [6.07, 6.45) is -0.203. The molecule has 8 nitrogen and oxygen atoms in total. The topological polar surface area (TPSA) is 97.0 Å². The first-order valence-electron chi connectivity index (χ1n) is 9.93. The molecule has 1 aliphatic rings. The lowest BCUT2D eigenvalue weighted by Crippen LogP contribution is -2.60. The second-order valence-electron chi connectivity index (χ2n) is 6.85. The molecule has 2 N–H and O–H groups in total. The van der Waals surface area contributed by atoms with E-state index in [4.69, 9.17) is 21.7 Å². The number of ether oxygens (including phenoxy) is 2. The largest absolute Gasteiger partial charge is 0.490 e. The van der Waals surface area contributed by atoms with E-state index in [1.807, 2.05) is 18.2 Å². The Morgan fingerprint density at radius 3 is 2.56 bits per heavy atom. The lowest BCUT2D eigenvalue weighted by molar-refractivity contribution is -0.148. The zero-order valence-corrected chi connectivity index (χ0v) is 19.5. The highest BCUT2D eigenvalue weighted by molar-refractivity contribution is 9.10. The number of hydrogen-bond donors (Lipinski definition) is 2. The van der Waals surface area contributed by atoms with Gasteiger partial charge in [-0.25, -0.2) is 0 Å². The maximum absolute atomic E-state index is 12.5. The van der Waals surface area contributed by atoms with Crippen molar-refractivity contribution in [2.75, 3.05) is 26.3 Å². The summed E-state index contributed by atoms with van der Waals surface area (Å²) in [4.78, 5) is 38.7. The highest BCUT2D eigenvalue weighted by atomic mass is 79.9. The van der Waals surface area contributed by atoms with E-state index < -0.39 is 17.9 Å². The lowest BCUT2D eigenvalue weighted by Gasteiger charge is -2.36. The van der Waals surface area contributed by atoms with Crippen molar-refractivity contribution in [2.45, 2.75) is 12.5 Å². The average Bonchev–Trinajstić information content (AvgIpc) is 2.79. The van der Waals surface area contributed by atoms with Gasteiger partial charge in [-0.1, -0.05) is 34.1 Å². The molecule has 32 heavy (non-hydrogen) atoms. The molecule has 0 aromatic heterocycles. The van der Waals surface area contributed by atoms with Crippen molar-refractivity contribution in [3.8, 4) is 5.75 Å². The molecule has 0 spiro atoms. The van der Waals surface area contributed by atoms with Crippen LogP contribution in [0.5, 0.6) is 5.75 Å². The molecule has 1 aliphatic heterocycles. The van der Waals surface area contributed by atoms with Crippen LogP contribution in [0.3, 0.4) is 0 Å². The molecule has 0 bridgehead atoms. The van der Waals surface area contributed by atoms with Crippen LogP contribution in [0, 0.1) is 0 Å². The van der Waals surface area contributed by atoms with Gasteiger partial charge in [0.15, 0.2) is 5.11 Å². The van der Waals surface area contributed by atoms with Crippen LogP contribution in [0.4, 0.5) is 0 Å². The van der Waals surface area contributed by atoms with Crippen LogP contribution in [0.25, 0.3) is 0 Å². The van der Waals surface area contributed by atoms with Crippen molar-refractivity contribution in [2.24, 2.45) is 0 Å². The molecule has 168 valence electrons. The van der Waals surface area contributed by atoms with Crippen molar-refractivity contribution >= 4 is 51.0 Å². The van der Waals surface area contributed by atoms with Gasteiger partial charge in [-0.3, -0.25) is 19.7 Å². The Bertz CT molecular complexity index is 971. The Balaban J connectivity index is 1.51. The number of nitrogens with one attached hydrogen (secondary N) is 2. The number of esters is 1. The first-order chi connectivity index (χ1) is 15.4. The maximum Gasteiger partial charge on any atom is 0.308 e. The fraction of sp³-hybridized carbons (Fsp3) is 0.273. The molecule has 1 saturated heterocycles. The fourth-order valence-corrected chi connectivity index (χ4v) is 3.63. The Morgan fingerprint density at radius 2 is 1.84 bits per heavy atom. The lowest BCUT2D eigenvalue weighted by atomic mass is 10.1. The van der Waals surface area contributed by atoms with E-state index in [9.17, 15) is 14.4 Å². The minimum absolute atomic E-state index is 0.0484. The summed E-state index contributed by atoms with van der Waals surface area (Å²) in [6, 6.07) is 15.1. The molecule has 3 rings (SSSR count). The van der Waals surface area contributed by atoms with Crippen molar-refractivity contribution in [3.05, 3.63) is 64.6 Å². The Morgan fingerprint density at radius 1 is 1.12 bits per heavy atom. The van der Waals surface area contributed by atoms with E-state index in [2.05, 4.69) is 26.6 Å². The van der Waals surface area contributed by atoms with Gasteiger partial charge in [-0.15, -0.1) is 0 Å². The number of piperazine rings is 1. The van der Waals surface area contributed by atoms with Crippen LogP contribution in [-0.4, -0.2) is 60.1 Å². The minimum Gasteiger partial charge on any atom is -0.490 e. The smallest absolute Gasteiger partial charge is 0.308 e. The number of amides is 2. The van der Waals surface area contributed by atoms with Crippen LogP contribution >= 0.6 is 28.1 Å². The van der Waals surface area contributed by atoms with E-state index in [1.54, 1.807) is 36.4 Å². The van der Waals surface area contributed by atoms with Gasteiger partial charge >= 0.3 is 5.97 Å². The van der Waals surface area contributed by atoms with Crippen molar-refractivity contribution in [3.63, 3.8) is 0 Å². The zero-order valence-electron chi connectivity index (χ0n) is 17.1. The summed E-state index contributed by atoms with van der Waals surface area (Å²) in [6.45, 7) is 0.953. The van der Waals surface area contributed by atoms with Gasteiger partial charge in [0.2, 0.25) is 5.91 Å². The van der Waals surface area contributed by atoms with Crippen LogP contribution in [0.15, 0.2) is 59.1 Å². The molecule has 0 aliphatic carbocycles. The summed E-state index contributed by atoms with van der Waals surface area (Å²) in [5.74, 6) is -0.633. The van der Waals surface area contributed by atoms with E-state index in [1.165, 1.54) is 4.90 Å². The molecule has 1 fully saturated rings. The van der Waals surface area contributed by atoms with Gasteiger partial charge in [0, 0.05) is 23.1 Å². The number of carbonyl (C=O) groups excluding carboxylic acids is 3. The van der Waals surface area contributed by atoms with Gasteiger partial charge in [0.25, 0.3) is 5.91 Å². The third-order valence-electron chi connectivity index (χ3n) is 4.64.